The first-order valence-electron chi connectivity index (χ1n) is 5.68. The van der Waals surface area contributed by atoms with Crippen LogP contribution in [0, 0.1) is 0 Å². The summed E-state index contributed by atoms with van der Waals surface area (Å²) >= 11 is 0. The molecule has 0 aliphatic heterocycles. The highest BCUT2D eigenvalue weighted by Crippen LogP contribution is 2.27. The molecule has 104 valence electrons. The second-order valence-electron chi connectivity index (χ2n) is 3.88. The lowest BCUT2D eigenvalue weighted by molar-refractivity contribution is -0.111. The summed E-state index contributed by atoms with van der Waals surface area (Å²) in [4.78, 5) is 20.8. The summed E-state index contributed by atoms with van der Waals surface area (Å²) in [6.07, 6.45) is -1.31. The number of rotatable bonds is 8. The number of carbonyl (C=O) groups is 2. The SMILES string of the molecule is COc1cc(C=O)ccc1OCC(O)C(O)CC=O. The third kappa shape index (κ3) is 4.35. The van der Waals surface area contributed by atoms with Gasteiger partial charge in [-0.3, -0.25) is 4.79 Å². The molecule has 2 unspecified atom stereocenters. The molecule has 0 saturated carbocycles. The van der Waals surface area contributed by atoms with Gasteiger partial charge in [-0.1, -0.05) is 0 Å². The lowest BCUT2D eigenvalue weighted by atomic mass is 10.1. The largest absolute Gasteiger partial charge is 0.493 e. The highest BCUT2D eigenvalue weighted by molar-refractivity contribution is 5.76. The van der Waals surface area contributed by atoms with Crippen molar-refractivity contribution in [1.29, 1.82) is 0 Å². The molecular weight excluding hydrogens is 252 g/mol. The average Bonchev–Trinajstić information content (AvgIpc) is 2.44. The van der Waals surface area contributed by atoms with Crippen LogP contribution in [0.3, 0.4) is 0 Å². The maximum atomic E-state index is 10.6. The molecular formula is C13H16O6. The van der Waals surface area contributed by atoms with Gasteiger partial charge in [0.25, 0.3) is 0 Å². The fraction of sp³-hybridized carbons (Fsp3) is 0.385. The van der Waals surface area contributed by atoms with Gasteiger partial charge in [-0.2, -0.15) is 0 Å². The number of aliphatic hydroxyl groups excluding tert-OH is 2. The van der Waals surface area contributed by atoms with Crippen molar-refractivity contribution < 1.29 is 29.3 Å². The van der Waals surface area contributed by atoms with Gasteiger partial charge in [-0.05, 0) is 18.2 Å². The van der Waals surface area contributed by atoms with Gasteiger partial charge in [0.2, 0.25) is 0 Å². The van der Waals surface area contributed by atoms with Crippen LogP contribution in [0.15, 0.2) is 18.2 Å². The Bertz CT molecular complexity index is 431. The highest BCUT2D eigenvalue weighted by atomic mass is 16.5. The van der Waals surface area contributed by atoms with Gasteiger partial charge in [0, 0.05) is 12.0 Å². The lowest BCUT2D eigenvalue weighted by Gasteiger charge is -2.17. The van der Waals surface area contributed by atoms with E-state index in [1.807, 2.05) is 0 Å². The second kappa shape index (κ2) is 7.50. The van der Waals surface area contributed by atoms with Gasteiger partial charge >= 0.3 is 0 Å². The van der Waals surface area contributed by atoms with E-state index in [1.165, 1.54) is 19.2 Å². The van der Waals surface area contributed by atoms with Crippen LogP contribution in [0.2, 0.25) is 0 Å². The minimum absolute atomic E-state index is 0.161. The minimum Gasteiger partial charge on any atom is -0.493 e. The van der Waals surface area contributed by atoms with Gasteiger partial charge in [0.05, 0.1) is 13.2 Å². The number of benzene rings is 1. The van der Waals surface area contributed by atoms with E-state index < -0.39 is 12.2 Å². The summed E-state index contributed by atoms with van der Waals surface area (Å²) in [6.45, 7) is -0.189. The first kappa shape index (κ1) is 15.1. The summed E-state index contributed by atoms with van der Waals surface area (Å²) in [5, 5.41) is 18.9. The van der Waals surface area contributed by atoms with Gasteiger partial charge in [0.1, 0.15) is 25.3 Å². The highest BCUT2D eigenvalue weighted by Gasteiger charge is 2.17. The van der Waals surface area contributed by atoms with Crippen LogP contribution < -0.4 is 9.47 Å². The van der Waals surface area contributed by atoms with E-state index in [9.17, 15) is 19.8 Å². The number of hydrogen-bond donors (Lipinski definition) is 2. The summed E-state index contributed by atoms with van der Waals surface area (Å²) in [5.74, 6) is 0.687. The van der Waals surface area contributed by atoms with E-state index in [0.717, 1.165) is 0 Å². The van der Waals surface area contributed by atoms with Crippen LogP contribution in [0.1, 0.15) is 16.8 Å². The Morgan fingerprint density at radius 1 is 1.21 bits per heavy atom. The predicted octanol–water partition coefficient (Wildman–Crippen LogP) is 0.197. The molecule has 0 heterocycles. The molecule has 1 aromatic rings. The van der Waals surface area contributed by atoms with Crippen LogP contribution in [0.25, 0.3) is 0 Å². The Hall–Kier alpha value is -1.92. The van der Waals surface area contributed by atoms with Crippen molar-refractivity contribution in [2.45, 2.75) is 18.6 Å². The molecule has 0 saturated heterocycles. The van der Waals surface area contributed by atoms with Crippen LogP contribution >= 0.6 is 0 Å². The number of aldehydes is 2. The first-order valence-corrected chi connectivity index (χ1v) is 5.68. The molecule has 6 nitrogen and oxygen atoms in total. The fourth-order valence-corrected chi connectivity index (χ4v) is 1.42. The molecule has 2 N–H and O–H groups in total. The maximum Gasteiger partial charge on any atom is 0.161 e. The molecule has 0 aliphatic rings. The van der Waals surface area contributed by atoms with E-state index in [-0.39, 0.29) is 13.0 Å². The Kier molecular flexibility index (Phi) is 5.98. The number of methoxy groups -OCH3 is 1. The monoisotopic (exact) mass is 268 g/mol. The molecule has 0 radical (unpaired) electrons. The topological polar surface area (TPSA) is 93.1 Å². The average molecular weight is 268 g/mol. The van der Waals surface area contributed by atoms with Crippen LogP contribution in [-0.2, 0) is 4.79 Å². The summed E-state index contributed by atoms with van der Waals surface area (Å²) < 4.78 is 10.3. The molecule has 0 aromatic heterocycles. The molecule has 0 fully saturated rings. The summed E-state index contributed by atoms with van der Waals surface area (Å²) in [7, 11) is 1.43. The Morgan fingerprint density at radius 3 is 2.53 bits per heavy atom. The standard InChI is InChI=1S/C13H16O6/c1-18-13-6-9(7-15)2-3-12(13)19-8-11(17)10(16)4-5-14/h2-3,5-7,10-11,16-17H,4,8H2,1H3. The molecule has 1 rings (SSSR count). The number of ether oxygens (including phenoxy) is 2. The molecule has 6 heteroatoms. The Morgan fingerprint density at radius 2 is 1.95 bits per heavy atom. The molecule has 1 aromatic carbocycles. The maximum absolute atomic E-state index is 10.6. The number of hydrogen-bond acceptors (Lipinski definition) is 6. The van der Waals surface area contributed by atoms with Crippen molar-refractivity contribution >= 4 is 12.6 Å². The summed E-state index contributed by atoms with van der Waals surface area (Å²) in [6, 6.07) is 4.57. The molecule has 0 aliphatic carbocycles. The minimum atomic E-state index is -1.18. The zero-order valence-corrected chi connectivity index (χ0v) is 10.5. The molecule has 2 atom stereocenters. The summed E-state index contributed by atoms with van der Waals surface area (Å²) in [5.41, 5.74) is 0.436. The third-order valence-corrected chi connectivity index (χ3v) is 2.52. The fourth-order valence-electron chi connectivity index (χ4n) is 1.42. The van der Waals surface area contributed by atoms with E-state index in [0.29, 0.717) is 29.6 Å². The van der Waals surface area contributed by atoms with Crippen molar-refractivity contribution in [3.63, 3.8) is 0 Å². The van der Waals surface area contributed by atoms with E-state index in [1.54, 1.807) is 6.07 Å². The normalized spacial score (nSPS) is 13.4. The number of aliphatic hydroxyl groups is 2. The van der Waals surface area contributed by atoms with Crippen molar-refractivity contribution in [1.82, 2.24) is 0 Å². The van der Waals surface area contributed by atoms with Gasteiger partial charge in [0.15, 0.2) is 11.5 Å². The zero-order chi connectivity index (χ0) is 14.3. The smallest absolute Gasteiger partial charge is 0.161 e. The van der Waals surface area contributed by atoms with E-state index >= 15 is 0 Å². The molecule has 19 heavy (non-hydrogen) atoms. The zero-order valence-electron chi connectivity index (χ0n) is 10.5. The van der Waals surface area contributed by atoms with Gasteiger partial charge in [-0.25, -0.2) is 0 Å². The third-order valence-electron chi connectivity index (χ3n) is 2.52. The van der Waals surface area contributed by atoms with Gasteiger partial charge < -0.3 is 24.5 Å². The molecule has 0 spiro atoms. The van der Waals surface area contributed by atoms with Crippen LogP contribution in [-0.4, -0.2) is 48.7 Å². The Balaban J connectivity index is 2.66. The predicted molar refractivity (Wildman–Crippen MR) is 66.6 cm³/mol. The van der Waals surface area contributed by atoms with Crippen molar-refractivity contribution in [3.05, 3.63) is 23.8 Å². The quantitative estimate of drug-likeness (QED) is 0.654. The van der Waals surface area contributed by atoms with Gasteiger partial charge in [-0.15, -0.1) is 0 Å². The Labute approximate surface area is 110 Å². The van der Waals surface area contributed by atoms with E-state index in [4.69, 9.17) is 9.47 Å². The second-order valence-corrected chi connectivity index (χ2v) is 3.88. The van der Waals surface area contributed by atoms with Crippen LogP contribution in [0.5, 0.6) is 11.5 Å². The lowest BCUT2D eigenvalue weighted by Crippen LogP contribution is -2.32. The molecule has 0 bridgehead atoms. The number of carbonyl (C=O) groups excluding carboxylic acids is 2. The molecule has 0 amide bonds. The van der Waals surface area contributed by atoms with Crippen molar-refractivity contribution in [2.24, 2.45) is 0 Å². The van der Waals surface area contributed by atoms with Crippen LogP contribution in [0.4, 0.5) is 0 Å². The van der Waals surface area contributed by atoms with Crippen molar-refractivity contribution in [2.75, 3.05) is 13.7 Å². The van der Waals surface area contributed by atoms with E-state index in [2.05, 4.69) is 0 Å². The van der Waals surface area contributed by atoms with Crippen molar-refractivity contribution in [3.8, 4) is 11.5 Å². The first-order chi connectivity index (χ1) is 9.12.